The highest BCUT2D eigenvalue weighted by atomic mass is 35.7. The van der Waals surface area contributed by atoms with Crippen LogP contribution < -0.4 is 0 Å². The minimum atomic E-state index is -0.870. The molecule has 0 amide bonds. The van der Waals surface area contributed by atoms with Crippen LogP contribution in [0.2, 0.25) is 0 Å². The SMILES string of the molecule is O=[N+]([O-])c1ccc(SCl)cc1F. The van der Waals surface area contributed by atoms with E-state index in [9.17, 15) is 14.5 Å². The van der Waals surface area contributed by atoms with Crippen LogP contribution in [0.4, 0.5) is 10.1 Å². The molecule has 1 rings (SSSR count). The van der Waals surface area contributed by atoms with Crippen molar-refractivity contribution >= 4 is 27.3 Å². The Balaban J connectivity index is 3.12. The summed E-state index contributed by atoms with van der Waals surface area (Å²) < 4.78 is 12.8. The van der Waals surface area contributed by atoms with E-state index in [1.54, 1.807) is 0 Å². The standard InChI is InChI=1S/C6H3ClFNO2S/c7-12-4-1-2-6(9(10)11)5(8)3-4/h1-3H. The van der Waals surface area contributed by atoms with Crippen LogP contribution in [0.5, 0.6) is 0 Å². The quantitative estimate of drug-likeness (QED) is 0.553. The van der Waals surface area contributed by atoms with Gasteiger partial charge in [0.05, 0.1) is 4.92 Å². The monoisotopic (exact) mass is 207 g/mol. The predicted octanol–water partition coefficient (Wildman–Crippen LogP) is 2.98. The molecule has 1 aromatic carbocycles. The van der Waals surface area contributed by atoms with E-state index >= 15 is 0 Å². The van der Waals surface area contributed by atoms with Gasteiger partial charge in [0.2, 0.25) is 5.82 Å². The Morgan fingerprint density at radius 2 is 2.25 bits per heavy atom. The fraction of sp³-hybridized carbons (Fsp3) is 0. The predicted molar refractivity (Wildman–Crippen MR) is 44.8 cm³/mol. The van der Waals surface area contributed by atoms with Crippen molar-refractivity contribution in [3.8, 4) is 0 Å². The van der Waals surface area contributed by atoms with E-state index in [0.29, 0.717) is 4.90 Å². The van der Waals surface area contributed by atoms with Gasteiger partial charge in [-0.2, -0.15) is 4.39 Å². The van der Waals surface area contributed by atoms with E-state index in [-0.39, 0.29) is 0 Å². The summed E-state index contributed by atoms with van der Waals surface area (Å²) in [5, 5.41) is 10.1. The van der Waals surface area contributed by atoms with Gasteiger partial charge in [-0.05, 0) is 33.8 Å². The number of hydrogen-bond acceptors (Lipinski definition) is 3. The maximum Gasteiger partial charge on any atom is 0.304 e. The summed E-state index contributed by atoms with van der Waals surface area (Å²) in [6, 6.07) is 3.49. The van der Waals surface area contributed by atoms with E-state index in [0.717, 1.165) is 23.1 Å². The van der Waals surface area contributed by atoms with Gasteiger partial charge in [-0.1, -0.05) is 0 Å². The van der Waals surface area contributed by atoms with Crippen LogP contribution in [0.1, 0.15) is 0 Å². The zero-order chi connectivity index (χ0) is 9.14. The van der Waals surface area contributed by atoms with Crippen LogP contribution in [0.3, 0.4) is 0 Å². The third-order valence-corrected chi connectivity index (χ3v) is 2.17. The molecule has 0 aliphatic carbocycles. The lowest BCUT2D eigenvalue weighted by molar-refractivity contribution is -0.387. The summed E-state index contributed by atoms with van der Waals surface area (Å²) in [5.74, 6) is -0.870. The Morgan fingerprint density at radius 1 is 1.58 bits per heavy atom. The largest absolute Gasteiger partial charge is 0.304 e. The fourth-order valence-corrected chi connectivity index (χ4v) is 1.24. The molecule has 0 radical (unpaired) electrons. The van der Waals surface area contributed by atoms with Gasteiger partial charge in [0.1, 0.15) is 0 Å². The maximum absolute atomic E-state index is 12.8. The summed E-state index contributed by atoms with van der Waals surface area (Å²) in [4.78, 5) is 9.81. The van der Waals surface area contributed by atoms with E-state index in [1.807, 2.05) is 0 Å². The van der Waals surface area contributed by atoms with Crippen LogP contribution in [-0.4, -0.2) is 4.92 Å². The van der Waals surface area contributed by atoms with Gasteiger partial charge >= 0.3 is 5.69 Å². The van der Waals surface area contributed by atoms with Crippen LogP contribution in [0, 0.1) is 15.9 Å². The molecule has 0 saturated heterocycles. The Kier molecular flexibility index (Phi) is 2.88. The molecule has 0 heterocycles. The molecule has 0 aromatic heterocycles. The molecule has 0 bridgehead atoms. The second kappa shape index (κ2) is 3.73. The topological polar surface area (TPSA) is 43.1 Å². The molecule has 64 valence electrons. The Morgan fingerprint density at radius 3 is 2.67 bits per heavy atom. The highest BCUT2D eigenvalue weighted by molar-refractivity contribution is 8.21. The first-order chi connectivity index (χ1) is 5.65. The highest BCUT2D eigenvalue weighted by Crippen LogP contribution is 2.26. The first-order valence-corrected chi connectivity index (χ1v) is 4.52. The molecule has 0 N–H and O–H groups in total. The first kappa shape index (κ1) is 9.28. The number of halogens is 2. The van der Waals surface area contributed by atoms with Crippen molar-refractivity contribution < 1.29 is 9.31 Å². The summed E-state index contributed by atoms with van der Waals surface area (Å²) in [6.45, 7) is 0. The van der Waals surface area contributed by atoms with Crippen LogP contribution in [0.15, 0.2) is 23.1 Å². The van der Waals surface area contributed by atoms with Crippen molar-refractivity contribution in [3.05, 3.63) is 34.1 Å². The van der Waals surface area contributed by atoms with E-state index in [1.165, 1.54) is 6.07 Å². The first-order valence-electron chi connectivity index (χ1n) is 2.87. The van der Waals surface area contributed by atoms with Crippen LogP contribution in [0.25, 0.3) is 0 Å². The van der Waals surface area contributed by atoms with Gasteiger partial charge in [0.25, 0.3) is 0 Å². The summed E-state index contributed by atoms with van der Waals surface area (Å²) >= 11 is 0. The molecular weight excluding hydrogens is 205 g/mol. The highest BCUT2D eigenvalue weighted by Gasteiger charge is 2.13. The van der Waals surface area contributed by atoms with Gasteiger partial charge < -0.3 is 0 Å². The Hall–Kier alpha value is -0.810. The molecule has 0 spiro atoms. The third kappa shape index (κ3) is 1.86. The minimum Gasteiger partial charge on any atom is -0.258 e. The van der Waals surface area contributed by atoms with Crippen molar-refractivity contribution in [2.45, 2.75) is 4.90 Å². The van der Waals surface area contributed by atoms with Crippen molar-refractivity contribution in [2.24, 2.45) is 0 Å². The maximum atomic E-state index is 12.8. The molecule has 6 heteroatoms. The van der Waals surface area contributed by atoms with E-state index in [2.05, 4.69) is 0 Å². The van der Waals surface area contributed by atoms with Crippen LogP contribution >= 0.6 is 21.7 Å². The van der Waals surface area contributed by atoms with Gasteiger partial charge in [-0.15, -0.1) is 0 Å². The number of nitrogens with zero attached hydrogens (tertiary/aromatic N) is 1. The molecule has 0 saturated carbocycles. The number of nitro benzene ring substituents is 1. The normalized spacial score (nSPS) is 9.83. The van der Waals surface area contributed by atoms with Crippen molar-refractivity contribution in [1.29, 1.82) is 0 Å². The fourth-order valence-electron chi connectivity index (χ4n) is 0.684. The zero-order valence-corrected chi connectivity index (χ0v) is 7.23. The average Bonchev–Trinajstić information content (AvgIpc) is 2.03. The van der Waals surface area contributed by atoms with Gasteiger partial charge in [-0.3, -0.25) is 10.1 Å². The molecule has 1 aromatic rings. The molecule has 12 heavy (non-hydrogen) atoms. The molecule has 0 aliphatic heterocycles. The van der Waals surface area contributed by atoms with Crippen molar-refractivity contribution in [1.82, 2.24) is 0 Å². The second-order valence-corrected chi connectivity index (χ2v) is 3.04. The third-order valence-electron chi connectivity index (χ3n) is 1.20. The van der Waals surface area contributed by atoms with Gasteiger partial charge in [-0.25, -0.2) is 0 Å². The molecule has 0 fully saturated rings. The van der Waals surface area contributed by atoms with Crippen LogP contribution in [-0.2, 0) is 0 Å². The lowest BCUT2D eigenvalue weighted by Gasteiger charge is -1.95. The molecule has 3 nitrogen and oxygen atoms in total. The summed E-state index contributed by atoms with van der Waals surface area (Å²) in [5.41, 5.74) is -0.538. The van der Waals surface area contributed by atoms with Gasteiger partial charge in [0.15, 0.2) is 0 Å². The van der Waals surface area contributed by atoms with Crippen molar-refractivity contribution in [3.63, 3.8) is 0 Å². The van der Waals surface area contributed by atoms with E-state index in [4.69, 9.17) is 10.7 Å². The lowest BCUT2D eigenvalue weighted by atomic mass is 10.3. The summed E-state index contributed by atoms with van der Waals surface area (Å²) in [7, 11) is 6.12. The summed E-state index contributed by atoms with van der Waals surface area (Å²) in [6.07, 6.45) is 0. The number of benzene rings is 1. The minimum absolute atomic E-state index is 0.444. The number of hydrogen-bond donors (Lipinski definition) is 0. The molecule has 0 unspecified atom stereocenters. The lowest BCUT2D eigenvalue weighted by Crippen LogP contribution is -1.91. The smallest absolute Gasteiger partial charge is 0.258 e. The Bertz CT molecular complexity index is 320. The van der Waals surface area contributed by atoms with Gasteiger partial charge in [0, 0.05) is 11.0 Å². The zero-order valence-electron chi connectivity index (χ0n) is 5.66. The number of rotatable bonds is 2. The van der Waals surface area contributed by atoms with Crippen molar-refractivity contribution in [2.75, 3.05) is 0 Å². The Labute approximate surface area is 76.2 Å². The second-order valence-electron chi connectivity index (χ2n) is 1.95. The number of nitro groups is 1. The molecule has 0 aliphatic rings. The molecule has 0 atom stereocenters. The van der Waals surface area contributed by atoms with E-state index < -0.39 is 16.4 Å². The molecular formula is C6H3ClFNO2S. The average molecular weight is 208 g/mol.